The fraction of sp³-hybridized carbons (Fsp3) is 0.400. The van der Waals surface area contributed by atoms with Crippen LogP contribution in [-0.4, -0.2) is 79.2 Å². The summed E-state index contributed by atoms with van der Waals surface area (Å²) in [5, 5.41) is 11.3. The van der Waals surface area contributed by atoms with Gasteiger partial charge in [0.1, 0.15) is 23.9 Å². The molecule has 2 fully saturated rings. The van der Waals surface area contributed by atoms with Gasteiger partial charge in [0, 0.05) is 31.7 Å². The molecule has 0 saturated carbocycles. The number of ether oxygens (including phenoxy) is 3. The maximum absolute atomic E-state index is 13.3. The summed E-state index contributed by atoms with van der Waals surface area (Å²) in [5.41, 5.74) is 1.25. The third kappa shape index (κ3) is 6.44. The quantitative estimate of drug-likeness (QED) is 0.148. The van der Waals surface area contributed by atoms with Crippen molar-refractivity contribution >= 4 is 17.4 Å². The van der Waals surface area contributed by atoms with Crippen LogP contribution in [0.5, 0.6) is 11.5 Å². The van der Waals surface area contributed by atoms with Crippen LogP contribution in [0.1, 0.15) is 36.9 Å². The second-order valence-electron chi connectivity index (χ2n) is 9.34. The molecule has 8 heteroatoms. The van der Waals surface area contributed by atoms with Crippen molar-refractivity contribution in [1.82, 2.24) is 9.80 Å². The van der Waals surface area contributed by atoms with Crippen LogP contribution in [0.3, 0.4) is 0 Å². The van der Waals surface area contributed by atoms with Gasteiger partial charge in [0.2, 0.25) is 0 Å². The molecule has 0 spiro atoms. The largest absolute Gasteiger partial charge is 0.507 e. The van der Waals surface area contributed by atoms with E-state index in [-0.39, 0.29) is 11.3 Å². The molecule has 2 saturated heterocycles. The summed E-state index contributed by atoms with van der Waals surface area (Å²) >= 11 is 0. The molecule has 1 N–H and O–H groups in total. The highest BCUT2D eigenvalue weighted by atomic mass is 16.5. The van der Waals surface area contributed by atoms with E-state index in [0.717, 1.165) is 31.5 Å². The number of hydrogen-bond acceptors (Lipinski definition) is 7. The predicted molar refractivity (Wildman–Crippen MR) is 145 cm³/mol. The number of amides is 1. The Labute approximate surface area is 224 Å². The smallest absolute Gasteiger partial charge is 0.295 e. The fourth-order valence-electron chi connectivity index (χ4n) is 4.63. The Hall–Kier alpha value is -3.62. The summed E-state index contributed by atoms with van der Waals surface area (Å²) in [7, 11) is 0. The third-order valence-corrected chi connectivity index (χ3v) is 6.76. The van der Waals surface area contributed by atoms with Crippen LogP contribution >= 0.6 is 0 Å². The molecular weight excluding hydrogens is 484 g/mol. The molecule has 2 aliphatic rings. The molecule has 0 bridgehead atoms. The van der Waals surface area contributed by atoms with E-state index in [1.165, 1.54) is 0 Å². The topological polar surface area (TPSA) is 88.5 Å². The van der Waals surface area contributed by atoms with Gasteiger partial charge >= 0.3 is 0 Å². The number of carbonyl (C=O) groups excluding carboxylic acids is 2. The maximum atomic E-state index is 13.3. The number of Topliss-reactive ketones (excluding diaryl/α,β-unsaturated/α-hetero) is 1. The lowest BCUT2D eigenvalue weighted by molar-refractivity contribution is -0.140. The van der Waals surface area contributed by atoms with Crippen molar-refractivity contribution in [1.29, 1.82) is 0 Å². The summed E-state index contributed by atoms with van der Waals surface area (Å²) in [6, 6.07) is 13.5. The van der Waals surface area contributed by atoms with Gasteiger partial charge in [-0.2, -0.15) is 0 Å². The Bertz CT molecular complexity index is 1140. The predicted octanol–water partition coefficient (Wildman–Crippen LogP) is 4.18. The fourth-order valence-corrected chi connectivity index (χ4v) is 4.63. The average Bonchev–Trinajstić information content (AvgIpc) is 3.21. The number of aliphatic hydroxyl groups is 1. The number of morpholine rings is 1. The number of nitrogens with zero attached hydrogens (tertiary/aromatic N) is 2. The number of hydrogen-bond donors (Lipinski definition) is 1. The molecule has 2 aromatic carbocycles. The Kier molecular flexibility index (Phi) is 9.56. The van der Waals surface area contributed by atoms with Gasteiger partial charge in [-0.25, -0.2) is 0 Å². The lowest BCUT2D eigenvalue weighted by Gasteiger charge is -2.31. The van der Waals surface area contributed by atoms with Gasteiger partial charge in [-0.05, 0) is 48.4 Å². The molecular formula is C30H36N2O6. The number of unbranched alkanes of at least 4 members (excludes halogenated alkanes) is 1. The number of likely N-dealkylation sites (tertiary alicyclic amines) is 1. The van der Waals surface area contributed by atoms with Gasteiger partial charge < -0.3 is 24.2 Å². The summed E-state index contributed by atoms with van der Waals surface area (Å²) < 4.78 is 16.8. The van der Waals surface area contributed by atoms with Crippen LogP contribution in [0, 0.1) is 0 Å². The number of benzene rings is 2. The minimum absolute atomic E-state index is 0.0800. The van der Waals surface area contributed by atoms with E-state index in [2.05, 4.69) is 18.4 Å². The zero-order valence-electron chi connectivity index (χ0n) is 21.9. The van der Waals surface area contributed by atoms with E-state index in [4.69, 9.17) is 14.2 Å². The highest BCUT2D eigenvalue weighted by Crippen LogP contribution is 2.40. The monoisotopic (exact) mass is 520 g/mol. The molecule has 0 radical (unpaired) electrons. The molecule has 0 aliphatic carbocycles. The van der Waals surface area contributed by atoms with Gasteiger partial charge in [-0.1, -0.05) is 38.1 Å². The van der Waals surface area contributed by atoms with Gasteiger partial charge in [0.15, 0.2) is 0 Å². The molecule has 38 heavy (non-hydrogen) atoms. The minimum Gasteiger partial charge on any atom is -0.507 e. The number of rotatable bonds is 12. The van der Waals surface area contributed by atoms with Crippen molar-refractivity contribution in [3.63, 3.8) is 0 Å². The normalized spacial score (nSPS) is 19.5. The van der Waals surface area contributed by atoms with Crippen molar-refractivity contribution in [2.24, 2.45) is 0 Å². The zero-order valence-corrected chi connectivity index (χ0v) is 21.9. The standard InChI is InChI=1S/C30H36N2O6/c1-3-5-19-38-25-12-8-23(9-13-25)28(33)26-27(22-6-10-24(11-7-22)37-18-4-2)32(30(35)29(26)34)15-14-31-16-20-36-21-17-31/h4,6-13,27,33H,2-3,5,14-21H2,1H3. The lowest BCUT2D eigenvalue weighted by atomic mass is 9.95. The van der Waals surface area contributed by atoms with Crippen molar-refractivity contribution < 1.29 is 28.9 Å². The molecule has 8 nitrogen and oxygen atoms in total. The van der Waals surface area contributed by atoms with Gasteiger partial charge in [-0.15, -0.1) is 0 Å². The van der Waals surface area contributed by atoms with Crippen molar-refractivity contribution in [2.45, 2.75) is 25.8 Å². The van der Waals surface area contributed by atoms with Crippen LogP contribution < -0.4 is 9.47 Å². The Morgan fingerprint density at radius 3 is 2.34 bits per heavy atom. The number of carbonyl (C=O) groups is 2. The van der Waals surface area contributed by atoms with Crippen LogP contribution in [-0.2, 0) is 14.3 Å². The van der Waals surface area contributed by atoms with E-state index < -0.39 is 17.7 Å². The first-order valence-corrected chi connectivity index (χ1v) is 13.2. The number of ketones is 1. The molecule has 2 aliphatic heterocycles. The molecule has 202 valence electrons. The third-order valence-electron chi connectivity index (χ3n) is 6.76. The molecule has 4 rings (SSSR count). The zero-order chi connectivity index (χ0) is 26.9. The second-order valence-corrected chi connectivity index (χ2v) is 9.34. The highest BCUT2D eigenvalue weighted by molar-refractivity contribution is 6.46. The van der Waals surface area contributed by atoms with Crippen LogP contribution in [0.25, 0.3) is 5.76 Å². The highest BCUT2D eigenvalue weighted by Gasteiger charge is 2.46. The van der Waals surface area contributed by atoms with E-state index in [1.807, 2.05) is 12.1 Å². The van der Waals surface area contributed by atoms with E-state index in [9.17, 15) is 14.7 Å². The summed E-state index contributed by atoms with van der Waals surface area (Å²) in [6.45, 7) is 10.5. The van der Waals surface area contributed by atoms with E-state index in [1.54, 1.807) is 47.4 Å². The van der Waals surface area contributed by atoms with E-state index >= 15 is 0 Å². The lowest BCUT2D eigenvalue weighted by Crippen LogP contribution is -2.42. The van der Waals surface area contributed by atoms with Crippen molar-refractivity contribution in [2.75, 3.05) is 52.6 Å². The Morgan fingerprint density at radius 1 is 1.03 bits per heavy atom. The molecule has 1 amide bonds. The molecule has 2 aromatic rings. The average molecular weight is 521 g/mol. The number of aliphatic hydroxyl groups excluding tert-OH is 1. The minimum atomic E-state index is -0.718. The molecule has 2 heterocycles. The molecule has 1 atom stereocenters. The summed E-state index contributed by atoms with van der Waals surface area (Å²) in [5.74, 6) is -0.166. The van der Waals surface area contributed by atoms with Gasteiger partial charge in [0.25, 0.3) is 11.7 Å². The summed E-state index contributed by atoms with van der Waals surface area (Å²) in [4.78, 5) is 30.3. The van der Waals surface area contributed by atoms with Crippen LogP contribution in [0.2, 0.25) is 0 Å². The van der Waals surface area contributed by atoms with Crippen LogP contribution in [0.15, 0.2) is 66.8 Å². The first kappa shape index (κ1) is 27.4. The van der Waals surface area contributed by atoms with E-state index in [0.29, 0.717) is 56.6 Å². The molecule has 0 aromatic heterocycles. The maximum Gasteiger partial charge on any atom is 0.295 e. The van der Waals surface area contributed by atoms with Crippen LogP contribution in [0.4, 0.5) is 0 Å². The Morgan fingerprint density at radius 2 is 1.68 bits per heavy atom. The van der Waals surface area contributed by atoms with Crippen molar-refractivity contribution in [3.8, 4) is 11.5 Å². The second kappa shape index (κ2) is 13.3. The van der Waals surface area contributed by atoms with Gasteiger partial charge in [-0.3, -0.25) is 14.5 Å². The Balaban J connectivity index is 1.65. The summed E-state index contributed by atoms with van der Waals surface area (Å²) in [6.07, 6.45) is 3.65. The van der Waals surface area contributed by atoms with Gasteiger partial charge in [0.05, 0.1) is 31.4 Å². The first-order chi connectivity index (χ1) is 18.5. The molecule has 1 unspecified atom stereocenters. The SMILES string of the molecule is C=CCOc1ccc(C2C(=C(O)c3ccc(OCCCC)cc3)C(=O)C(=O)N2CCN2CCOCC2)cc1. The van der Waals surface area contributed by atoms with Crippen molar-refractivity contribution in [3.05, 3.63) is 77.9 Å². The first-order valence-electron chi connectivity index (χ1n) is 13.2.